The molecule has 0 spiro atoms. The highest BCUT2D eigenvalue weighted by Crippen LogP contribution is 2.30. The molecule has 0 saturated carbocycles. The van der Waals surface area contributed by atoms with Crippen LogP contribution < -0.4 is 0 Å². The zero-order valence-corrected chi connectivity index (χ0v) is 15.9. The van der Waals surface area contributed by atoms with Crippen molar-refractivity contribution >= 4 is 47.7 Å². The second-order valence-corrected chi connectivity index (χ2v) is 7.82. The smallest absolute Gasteiger partial charge is 0.229 e. The van der Waals surface area contributed by atoms with Crippen LogP contribution in [0.3, 0.4) is 0 Å². The van der Waals surface area contributed by atoms with E-state index in [1.165, 1.54) is 0 Å². The lowest BCUT2D eigenvalue weighted by Crippen LogP contribution is -2.27. The third kappa shape index (κ3) is 2.48. The molecule has 140 valence electrons. The molecular formula is C18H18N10. The molecule has 2 N–H and O–H groups in total. The average Bonchev–Trinajstić information content (AvgIpc) is 3.42. The number of aromatic nitrogens is 4. The largest absolute Gasteiger partial charge is 0.325 e. The molecule has 5 heterocycles. The Morgan fingerprint density at radius 2 is 1.07 bits per heavy atom. The van der Waals surface area contributed by atoms with Crippen molar-refractivity contribution < 1.29 is 0 Å². The van der Waals surface area contributed by atoms with E-state index < -0.39 is 10.8 Å². The number of hydrogen-bond acceptors (Lipinski definition) is 8. The second kappa shape index (κ2) is 5.47. The van der Waals surface area contributed by atoms with Crippen molar-refractivity contribution in [2.45, 2.75) is 38.5 Å². The standard InChI is InChI=1S/C18H18N10/c1-17(2)9-5-21-15(23-9)28-12-8-20-14(26-12)18(3,4)10-6-22-16(24-10)27-11-7-19-13(17)25-11/h5-8H,1-4H3,(H,21,23)(H,22,24)/b27-11-,28-12-. The number of nitrogens with one attached hydrogen (secondary N) is 2. The van der Waals surface area contributed by atoms with E-state index in [0.29, 0.717) is 35.2 Å². The van der Waals surface area contributed by atoms with Crippen molar-refractivity contribution in [3.05, 3.63) is 23.8 Å². The molecule has 2 aromatic rings. The van der Waals surface area contributed by atoms with E-state index >= 15 is 0 Å². The summed E-state index contributed by atoms with van der Waals surface area (Å²) in [6.07, 6.45) is 6.75. The lowest BCUT2D eigenvalue weighted by Gasteiger charge is -2.20. The number of aliphatic imine (C=N–C) groups is 6. The summed E-state index contributed by atoms with van der Waals surface area (Å²) in [7, 11) is 0. The minimum Gasteiger partial charge on any atom is -0.325 e. The zero-order chi connectivity index (χ0) is 19.5. The number of fused-ring (bicyclic) bond motifs is 6. The maximum absolute atomic E-state index is 4.57. The molecule has 0 aliphatic carbocycles. The van der Waals surface area contributed by atoms with E-state index in [2.05, 4.69) is 49.9 Å². The summed E-state index contributed by atoms with van der Waals surface area (Å²) in [5.74, 6) is 3.17. The highest BCUT2D eigenvalue weighted by molar-refractivity contribution is 6.39. The van der Waals surface area contributed by atoms with Gasteiger partial charge in [0.05, 0.1) is 35.7 Å². The minimum absolute atomic E-state index is 0.458. The summed E-state index contributed by atoms with van der Waals surface area (Å²) in [5.41, 5.74) is 0.696. The molecule has 3 aliphatic rings. The van der Waals surface area contributed by atoms with Crippen LogP contribution in [0.2, 0.25) is 0 Å². The quantitative estimate of drug-likeness (QED) is 0.733. The van der Waals surface area contributed by atoms with Crippen molar-refractivity contribution in [3.63, 3.8) is 0 Å². The lowest BCUT2D eigenvalue weighted by atomic mass is 9.88. The number of hydrogen-bond donors (Lipinski definition) is 2. The number of rotatable bonds is 0. The molecule has 0 aromatic carbocycles. The Morgan fingerprint density at radius 1 is 0.643 bits per heavy atom. The lowest BCUT2D eigenvalue weighted by molar-refractivity contribution is 0.688. The zero-order valence-electron chi connectivity index (χ0n) is 15.9. The first-order valence-corrected chi connectivity index (χ1v) is 8.87. The molecule has 0 radical (unpaired) electrons. The first-order chi connectivity index (χ1) is 13.3. The van der Waals surface area contributed by atoms with Gasteiger partial charge in [-0.15, -0.1) is 0 Å². The Labute approximate surface area is 160 Å². The molecule has 0 saturated heterocycles. The highest BCUT2D eigenvalue weighted by atomic mass is 15.2. The Kier molecular flexibility index (Phi) is 3.25. The molecule has 10 heteroatoms. The molecule has 5 rings (SSSR count). The summed E-state index contributed by atoms with van der Waals surface area (Å²) in [6.45, 7) is 8.06. The molecule has 28 heavy (non-hydrogen) atoms. The van der Waals surface area contributed by atoms with Gasteiger partial charge in [-0.3, -0.25) is 0 Å². The average molecular weight is 374 g/mol. The maximum Gasteiger partial charge on any atom is 0.229 e. The van der Waals surface area contributed by atoms with Crippen LogP contribution in [0.1, 0.15) is 39.1 Å². The van der Waals surface area contributed by atoms with E-state index in [4.69, 9.17) is 0 Å². The van der Waals surface area contributed by atoms with Crippen molar-refractivity contribution in [1.29, 1.82) is 0 Å². The summed E-state index contributed by atoms with van der Waals surface area (Å²) in [4.78, 5) is 42.2. The fraction of sp³-hybridized carbons (Fsp3) is 0.333. The third-order valence-electron chi connectivity index (χ3n) is 5.08. The van der Waals surface area contributed by atoms with E-state index in [1.54, 1.807) is 24.8 Å². The number of amidine groups is 4. The van der Waals surface area contributed by atoms with Crippen LogP contribution in [0.15, 0.2) is 42.3 Å². The van der Waals surface area contributed by atoms with Gasteiger partial charge in [0.15, 0.2) is 11.7 Å². The third-order valence-corrected chi connectivity index (χ3v) is 5.08. The van der Waals surface area contributed by atoms with E-state index in [1.807, 2.05) is 27.7 Å². The Morgan fingerprint density at radius 3 is 1.50 bits per heavy atom. The van der Waals surface area contributed by atoms with Crippen LogP contribution in [0.25, 0.3) is 0 Å². The maximum atomic E-state index is 4.57. The van der Waals surface area contributed by atoms with E-state index in [-0.39, 0.29) is 0 Å². The van der Waals surface area contributed by atoms with Gasteiger partial charge in [-0.25, -0.2) is 29.9 Å². The first-order valence-electron chi connectivity index (χ1n) is 8.87. The molecule has 0 amide bonds. The summed E-state index contributed by atoms with van der Waals surface area (Å²) >= 11 is 0. The number of aromatic amines is 2. The summed E-state index contributed by atoms with van der Waals surface area (Å²) < 4.78 is 0. The van der Waals surface area contributed by atoms with Crippen LogP contribution in [-0.2, 0) is 10.8 Å². The van der Waals surface area contributed by atoms with Crippen LogP contribution >= 0.6 is 0 Å². The van der Waals surface area contributed by atoms with Crippen molar-refractivity contribution in [2.24, 2.45) is 30.0 Å². The minimum atomic E-state index is -0.495. The monoisotopic (exact) mass is 374 g/mol. The molecule has 10 nitrogen and oxygen atoms in total. The number of nitrogens with zero attached hydrogens (tertiary/aromatic N) is 8. The van der Waals surface area contributed by atoms with Gasteiger partial charge in [0.25, 0.3) is 0 Å². The van der Waals surface area contributed by atoms with Gasteiger partial charge in [-0.1, -0.05) is 0 Å². The topological polar surface area (TPSA) is 132 Å². The second-order valence-electron chi connectivity index (χ2n) is 7.82. The molecule has 2 aromatic heterocycles. The SMILES string of the molecule is CC1(C)C2=N/C(=N\c3ncc([nH]3)C(C)(C)C3=N/C(=N\c4ncc1[nH]4)C=N3)C=N2. The number of H-pyrrole nitrogens is 2. The number of imidazole rings is 2. The Balaban J connectivity index is 1.70. The summed E-state index contributed by atoms with van der Waals surface area (Å²) in [5, 5.41) is 0. The normalized spacial score (nSPS) is 25.0. The van der Waals surface area contributed by atoms with Crippen LogP contribution in [0, 0.1) is 0 Å². The van der Waals surface area contributed by atoms with Gasteiger partial charge in [-0.2, -0.15) is 9.98 Å². The van der Waals surface area contributed by atoms with Crippen LogP contribution in [0.4, 0.5) is 11.9 Å². The van der Waals surface area contributed by atoms with Crippen LogP contribution in [-0.4, -0.2) is 55.7 Å². The Hall–Kier alpha value is -3.56. The van der Waals surface area contributed by atoms with Gasteiger partial charge in [0, 0.05) is 11.4 Å². The molecule has 0 atom stereocenters. The predicted molar refractivity (Wildman–Crippen MR) is 109 cm³/mol. The van der Waals surface area contributed by atoms with Crippen molar-refractivity contribution in [2.75, 3.05) is 0 Å². The molecule has 0 unspecified atom stereocenters. The highest BCUT2D eigenvalue weighted by Gasteiger charge is 2.34. The van der Waals surface area contributed by atoms with Gasteiger partial charge in [0.1, 0.15) is 11.7 Å². The van der Waals surface area contributed by atoms with Crippen LogP contribution in [0.5, 0.6) is 0 Å². The van der Waals surface area contributed by atoms with E-state index in [9.17, 15) is 0 Å². The van der Waals surface area contributed by atoms with Gasteiger partial charge >= 0.3 is 0 Å². The van der Waals surface area contributed by atoms with Crippen molar-refractivity contribution in [3.8, 4) is 0 Å². The van der Waals surface area contributed by atoms with Crippen molar-refractivity contribution in [1.82, 2.24) is 19.9 Å². The Bertz CT molecular complexity index is 1070. The fourth-order valence-corrected chi connectivity index (χ4v) is 3.11. The fourth-order valence-electron chi connectivity index (χ4n) is 3.11. The molecule has 3 aliphatic heterocycles. The first kappa shape index (κ1) is 16.6. The molecular weight excluding hydrogens is 356 g/mol. The van der Waals surface area contributed by atoms with Gasteiger partial charge < -0.3 is 9.97 Å². The summed E-state index contributed by atoms with van der Waals surface area (Å²) in [6, 6.07) is 0. The van der Waals surface area contributed by atoms with Gasteiger partial charge in [-0.05, 0) is 27.7 Å². The van der Waals surface area contributed by atoms with E-state index in [0.717, 1.165) is 11.4 Å². The van der Waals surface area contributed by atoms with Gasteiger partial charge in [0.2, 0.25) is 11.9 Å². The molecule has 8 bridgehead atoms. The predicted octanol–water partition coefficient (Wildman–Crippen LogP) is 2.43. The molecule has 0 fully saturated rings.